The number of aliphatic hydroxyl groups is 1. The van der Waals surface area contributed by atoms with Crippen molar-refractivity contribution in [2.45, 2.75) is 6.10 Å². The van der Waals surface area contributed by atoms with E-state index >= 15 is 0 Å². The average molecular weight is 165 g/mol. The van der Waals surface area contributed by atoms with Crippen LogP contribution in [0.3, 0.4) is 0 Å². The topological polar surface area (TPSA) is 49.3 Å². The summed E-state index contributed by atoms with van der Waals surface area (Å²) in [4.78, 5) is 10.0. The van der Waals surface area contributed by atoms with Gasteiger partial charge in [0.05, 0.1) is 0 Å². The molecule has 0 aliphatic heterocycles. The van der Waals surface area contributed by atoms with Crippen LogP contribution in [0.15, 0.2) is 30.3 Å². The Hall–Kier alpha value is -1.35. The van der Waals surface area contributed by atoms with E-state index in [0.717, 1.165) is 5.69 Å². The summed E-state index contributed by atoms with van der Waals surface area (Å²) in [6, 6.07) is 9.42. The summed E-state index contributed by atoms with van der Waals surface area (Å²) in [5.74, 6) is 0. The maximum Gasteiger partial charge on any atom is 0.150 e. The summed E-state index contributed by atoms with van der Waals surface area (Å²) in [6.45, 7) is 0.257. The Bertz CT molecular complexity index is 236. The lowest BCUT2D eigenvalue weighted by molar-refractivity contribution is -0.114. The Labute approximate surface area is 71.0 Å². The van der Waals surface area contributed by atoms with Crippen molar-refractivity contribution in [3.63, 3.8) is 0 Å². The van der Waals surface area contributed by atoms with Gasteiger partial charge in [-0.2, -0.15) is 0 Å². The van der Waals surface area contributed by atoms with Gasteiger partial charge in [-0.3, -0.25) is 0 Å². The molecule has 1 rings (SSSR count). The molecule has 0 saturated carbocycles. The van der Waals surface area contributed by atoms with E-state index in [4.69, 9.17) is 5.11 Å². The van der Waals surface area contributed by atoms with E-state index < -0.39 is 6.10 Å². The van der Waals surface area contributed by atoms with Crippen molar-refractivity contribution in [3.8, 4) is 0 Å². The highest BCUT2D eigenvalue weighted by atomic mass is 16.3. The Morgan fingerprint density at radius 2 is 2.08 bits per heavy atom. The highest BCUT2D eigenvalue weighted by Crippen LogP contribution is 2.03. The first-order valence-electron chi connectivity index (χ1n) is 3.75. The monoisotopic (exact) mass is 165 g/mol. The molecule has 1 aromatic carbocycles. The fourth-order valence-corrected chi connectivity index (χ4v) is 0.827. The minimum atomic E-state index is -0.926. The molecule has 0 aromatic heterocycles. The maximum atomic E-state index is 10.0. The molecular weight excluding hydrogens is 154 g/mol. The predicted molar refractivity (Wildman–Crippen MR) is 47.0 cm³/mol. The minimum Gasteiger partial charge on any atom is -0.384 e. The molecule has 0 aliphatic rings. The number of rotatable bonds is 4. The van der Waals surface area contributed by atoms with Gasteiger partial charge in [-0.05, 0) is 12.1 Å². The van der Waals surface area contributed by atoms with Crippen LogP contribution in [-0.2, 0) is 4.79 Å². The third-order valence-electron chi connectivity index (χ3n) is 1.45. The van der Waals surface area contributed by atoms with E-state index in [-0.39, 0.29) is 6.54 Å². The van der Waals surface area contributed by atoms with E-state index in [0.29, 0.717) is 6.29 Å². The summed E-state index contributed by atoms with van der Waals surface area (Å²) in [5, 5.41) is 11.8. The van der Waals surface area contributed by atoms with Gasteiger partial charge >= 0.3 is 0 Å². The molecule has 0 fully saturated rings. The van der Waals surface area contributed by atoms with Gasteiger partial charge in [0.15, 0.2) is 0 Å². The zero-order valence-corrected chi connectivity index (χ0v) is 6.60. The van der Waals surface area contributed by atoms with Gasteiger partial charge in [-0.25, -0.2) is 0 Å². The van der Waals surface area contributed by atoms with E-state index in [2.05, 4.69) is 5.32 Å². The number of aliphatic hydroxyl groups excluding tert-OH is 1. The SMILES string of the molecule is O=CC(O)CNc1ccccc1. The van der Waals surface area contributed by atoms with Crippen molar-refractivity contribution >= 4 is 12.0 Å². The Morgan fingerprint density at radius 1 is 1.42 bits per heavy atom. The molecule has 0 spiro atoms. The summed E-state index contributed by atoms with van der Waals surface area (Å²) in [7, 11) is 0. The average Bonchev–Trinajstić information content (AvgIpc) is 2.16. The van der Waals surface area contributed by atoms with Crippen LogP contribution in [0.5, 0.6) is 0 Å². The number of nitrogens with one attached hydrogen (secondary N) is 1. The highest BCUT2D eigenvalue weighted by Gasteiger charge is 1.99. The molecule has 1 aromatic rings. The summed E-state index contributed by atoms with van der Waals surface area (Å²) < 4.78 is 0. The van der Waals surface area contributed by atoms with Gasteiger partial charge < -0.3 is 15.2 Å². The van der Waals surface area contributed by atoms with Gasteiger partial charge in [0.25, 0.3) is 0 Å². The number of para-hydroxylation sites is 1. The quantitative estimate of drug-likeness (QED) is 0.644. The lowest BCUT2D eigenvalue weighted by Crippen LogP contribution is -2.20. The van der Waals surface area contributed by atoms with Crippen LogP contribution >= 0.6 is 0 Å². The zero-order valence-electron chi connectivity index (χ0n) is 6.60. The Balaban J connectivity index is 2.38. The van der Waals surface area contributed by atoms with Gasteiger partial charge in [0.2, 0.25) is 0 Å². The highest BCUT2D eigenvalue weighted by molar-refractivity contribution is 5.57. The molecule has 1 unspecified atom stereocenters. The van der Waals surface area contributed by atoms with Crippen LogP contribution in [0.2, 0.25) is 0 Å². The zero-order chi connectivity index (χ0) is 8.81. The van der Waals surface area contributed by atoms with Crippen LogP contribution in [0, 0.1) is 0 Å². The molecule has 0 bridgehead atoms. The lowest BCUT2D eigenvalue weighted by atomic mass is 10.3. The Kier molecular flexibility index (Phi) is 3.29. The first-order valence-corrected chi connectivity index (χ1v) is 3.75. The number of hydrogen-bond donors (Lipinski definition) is 2. The fraction of sp³-hybridized carbons (Fsp3) is 0.222. The lowest BCUT2D eigenvalue weighted by Gasteiger charge is -2.06. The first-order chi connectivity index (χ1) is 5.83. The van der Waals surface area contributed by atoms with Crippen LogP contribution in [-0.4, -0.2) is 24.0 Å². The molecule has 12 heavy (non-hydrogen) atoms. The second kappa shape index (κ2) is 4.51. The molecule has 0 aliphatic carbocycles. The standard InChI is InChI=1S/C9H11NO2/c11-7-9(12)6-10-8-4-2-1-3-5-8/h1-5,7,9-10,12H,6H2. The van der Waals surface area contributed by atoms with Crippen molar-refractivity contribution in [1.82, 2.24) is 0 Å². The number of hydrogen-bond acceptors (Lipinski definition) is 3. The van der Waals surface area contributed by atoms with Crippen molar-refractivity contribution < 1.29 is 9.90 Å². The summed E-state index contributed by atoms with van der Waals surface area (Å²) in [6.07, 6.45) is -0.416. The van der Waals surface area contributed by atoms with Gasteiger partial charge in [-0.1, -0.05) is 18.2 Å². The number of carbonyl (C=O) groups excluding carboxylic acids is 1. The van der Waals surface area contributed by atoms with Crippen LogP contribution in [0.25, 0.3) is 0 Å². The third-order valence-corrected chi connectivity index (χ3v) is 1.45. The molecule has 2 N–H and O–H groups in total. The van der Waals surface area contributed by atoms with Crippen LogP contribution in [0.1, 0.15) is 0 Å². The van der Waals surface area contributed by atoms with Gasteiger partial charge in [-0.15, -0.1) is 0 Å². The third kappa shape index (κ3) is 2.72. The van der Waals surface area contributed by atoms with Gasteiger partial charge in [0, 0.05) is 12.2 Å². The largest absolute Gasteiger partial charge is 0.384 e. The molecule has 0 radical (unpaired) electrons. The smallest absolute Gasteiger partial charge is 0.150 e. The normalized spacial score (nSPS) is 12.1. The molecule has 1 atom stereocenters. The maximum absolute atomic E-state index is 10.0. The number of aldehydes is 1. The number of benzene rings is 1. The summed E-state index contributed by atoms with van der Waals surface area (Å²) >= 11 is 0. The molecule has 0 heterocycles. The Morgan fingerprint density at radius 3 is 2.67 bits per heavy atom. The van der Waals surface area contributed by atoms with Crippen molar-refractivity contribution in [3.05, 3.63) is 30.3 Å². The van der Waals surface area contributed by atoms with Crippen LogP contribution < -0.4 is 5.32 Å². The fourth-order valence-electron chi connectivity index (χ4n) is 0.827. The second-order valence-corrected chi connectivity index (χ2v) is 2.45. The van der Waals surface area contributed by atoms with Crippen molar-refractivity contribution in [2.24, 2.45) is 0 Å². The molecule has 0 amide bonds. The molecule has 0 saturated heterocycles. The molecule has 3 nitrogen and oxygen atoms in total. The van der Waals surface area contributed by atoms with Crippen molar-refractivity contribution in [1.29, 1.82) is 0 Å². The predicted octanol–water partition coefficient (Wildman–Crippen LogP) is 0.658. The second-order valence-electron chi connectivity index (χ2n) is 2.45. The summed E-state index contributed by atoms with van der Waals surface area (Å²) in [5.41, 5.74) is 0.901. The van der Waals surface area contributed by atoms with E-state index in [1.54, 1.807) is 0 Å². The number of anilines is 1. The van der Waals surface area contributed by atoms with Gasteiger partial charge in [0.1, 0.15) is 12.4 Å². The molecule has 64 valence electrons. The van der Waals surface area contributed by atoms with E-state index in [1.807, 2.05) is 30.3 Å². The number of carbonyl (C=O) groups is 1. The van der Waals surface area contributed by atoms with E-state index in [1.165, 1.54) is 0 Å². The van der Waals surface area contributed by atoms with E-state index in [9.17, 15) is 4.79 Å². The molecule has 3 heteroatoms. The molecular formula is C9H11NO2. The van der Waals surface area contributed by atoms with Crippen molar-refractivity contribution in [2.75, 3.05) is 11.9 Å². The minimum absolute atomic E-state index is 0.257. The first kappa shape index (κ1) is 8.74. The van der Waals surface area contributed by atoms with Crippen LogP contribution in [0.4, 0.5) is 5.69 Å².